The number of carbonyl (C=O) groups excluding carboxylic acids is 1. The van der Waals surface area contributed by atoms with Gasteiger partial charge in [0.15, 0.2) is 0 Å². The monoisotopic (exact) mass is 145 g/mol. The maximum absolute atomic E-state index is 10.6. The molecule has 0 aromatic heterocycles. The maximum Gasteiger partial charge on any atom is 0.307 e. The zero-order chi connectivity index (χ0) is 8.15. The molecule has 0 amide bonds. The number of methoxy groups -OCH3 is 1. The van der Waals surface area contributed by atoms with Gasteiger partial charge in [-0.05, 0) is 5.92 Å². The van der Waals surface area contributed by atoms with E-state index in [1.54, 1.807) is 0 Å². The summed E-state index contributed by atoms with van der Waals surface area (Å²) in [6, 6.07) is -0.0764. The van der Waals surface area contributed by atoms with Gasteiger partial charge in [-0.15, -0.1) is 0 Å². The van der Waals surface area contributed by atoms with Crippen LogP contribution in [0.2, 0.25) is 0 Å². The fourth-order valence-corrected chi connectivity index (χ4v) is 0.511. The van der Waals surface area contributed by atoms with Crippen molar-refractivity contribution in [3.05, 3.63) is 0 Å². The minimum Gasteiger partial charge on any atom is -0.469 e. The summed E-state index contributed by atoms with van der Waals surface area (Å²) >= 11 is 0. The van der Waals surface area contributed by atoms with Gasteiger partial charge in [0.25, 0.3) is 0 Å². The lowest BCUT2D eigenvalue weighted by Gasteiger charge is -2.12. The van der Waals surface area contributed by atoms with E-state index in [4.69, 9.17) is 5.73 Å². The molecule has 0 fully saturated rings. The molecule has 0 aliphatic heterocycles. The molecule has 3 heteroatoms. The van der Waals surface area contributed by atoms with E-state index >= 15 is 0 Å². The molecule has 2 N–H and O–H groups in total. The molecule has 3 nitrogen and oxygen atoms in total. The van der Waals surface area contributed by atoms with Gasteiger partial charge in [0.1, 0.15) is 0 Å². The van der Waals surface area contributed by atoms with Crippen molar-refractivity contribution in [1.82, 2.24) is 0 Å². The van der Waals surface area contributed by atoms with Crippen LogP contribution in [0, 0.1) is 5.92 Å². The quantitative estimate of drug-likeness (QED) is 0.589. The minimum absolute atomic E-state index is 0.0764. The van der Waals surface area contributed by atoms with Crippen molar-refractivity contribution in [2.45, 2.75) is 26.3 Å². The van der Waals surface area contributed by atoms with Crippen molar-refractivity contribution in [3.63, 3.8) is 0 Å². The summed E-state index contributed by atoms with van der Waals surface area (Å²) in [4.78, 5) is 10.6. The molecular weight excluding hydrogens is 130 g/mol. The first-order valence-electron chi connectivity index (χ1n) is 3.40. The maximum atomic E-state index is 10.6. The Morgan fingerprint density at radius 1 is 1.60 bits per heavy atom. The summed E-state index contributed by atoms with van der Waals surface area (Å²) in [6.07, 6.45) is 0.314. The SMILES string of the molecule is COC(=O)CC(N)C(C)C. The van der Waals surface area contributed by atoms with Crippen molar-refractivity contribution in [3.8, 4) is 0 Å². The molecular formula is C7H15NO2. The third kappa shape index (κ3) is 3.45. The van der Waals surface area contributed by atoms with Crippen LogP contribution in [0.25, 0.3) is 0 Å². The second-order valence-electron chi connectivity index (χ2n) is 2.69. The number of rotatable bonds is 3. The molecule has 10 heavy (non-hydrogen) atoms. The summed E-state index contributed by atoms with van der Waals surface area (Å²) in [5.41, 5.74) is 5.59. The summed E-state index contributed by atoms with van der Waals surface area (Å²) in [7, 11) is 1.37. The van der Waals surface area contributed by atoms with E-state index in [9.17, 15) is 4.79 Å². The smallest absolute Gasteiger partial charge is 0.307 e. The molecule has 0 spiro atoms. The molecule has 0 saturated heterocycles. The first-order chi connectivity index (χ1) is 4.57. The number of hydrogen-bond acceptors (Lipinski definition) is 3. The standard InChI is InChI=1S/C7H15NO2/c1-5(2)6(8)4-7(9)10-3/h5-6H,4,8H2,1-3H3. The highest BCUT2D eigenvalue weighted by Crippen LogP contribution is 2.02. The highest BCUT2D eigenvalue weighted by atomic mass is 16.5. The third-order valence-electron chi connectivity index (χ3n) is 1.49. The Labute approximate surface area is 61.5 Å². The van der Waals surface area contributed by atoms with Crippen LogP contribution < -0.4 is 5.73 Å². The molecule has 0 heterocycles. The number of nitrogens with two attached hydrogens (primary N) is 1. The lowest BCUT2D eigenvalue weighted by molar-refractivity contribution is -0.141. The summed E-state index contributed by atoms with van der Waals surface area (Å²) < 4.78 is 4.45. The van der Waals surface area contributed by atoms with Crippen LogP contribution in [0.5, 0.6) is 0 Å². The molecule has 0 saturated carbocycles. The van der Waals surface area contributed by atoms with Crippen LogP contribution in [0.4, 0.5) is 0 Å². The Morgan fingerprint density at radius 3 is 2.40 bits per heavy atom. The van der Waals surface area contributed by atoms with Crippen LogP contribution in [0.1, 0.15) is 20.3 Å². The van der Waals surface area contributed by atoms with E-state index in [2.05, 4.69) is 4.74 Å². The lowest BCUT2D eigenvalue weighted by atomic mass is 10.0. The summed E-state index contributed by atoms with van der Waals surface area (Å²) in [5.74, 6) is 0.0975. The number of hydrogen-bond donors (Lipinski definition) is 1. The second kappa shape index (κ2) is 4.28. The van der Waals surface area contributed by atoms with Gasteiger partial charge in [-0.25, -0.2) is 0 Å². The second-order valence-corrected chi connectivity index (χ2v) is 2.69. The van der Waals surface area contributed by atoms with E-state index in [1.165, 1.54) is 7.11 Å². The van der Waals surface area contributed by atoms with Gasteiger partial charge in [0.05, 0.1) is 13.5 Å². The fourth-order valence-electron chi connectivity index (χ4n) is 0.511. The number of ether oxygens (including phenoxy) is 1. The molecule has 1 unspecified atom stereocenters. The molecule has 0 aliphatic carbocycles. The minimum atomic E-state index is -0.235. The van der Waals surface area contributed by atoms with Crippen LogP contribution in [-0.4, -0.2) is 19.1 Å². The van der Waals surface area contributed by atoms with Crippen molar-refractivity contribution < 1.29 is 9.53 Å². The van der Waals surface area contributed by atoms with Gasteiger partial charge in [0, 0.05) is 6.04 Å². The molecule has 60 valence electrons. The van der Waals surface area contributed by atoms with Crippen LogP contribution in [0.15, 0.2) is 0 Å². The van der Waals surface area contributed by atoms with Gasteiger partial charge in [-0.3, -0.25) is 4.79 Å². The highest BCUT2D eigenvalue weighted by molar-refractivity contribution is 5.69. The Kier molecular flexibility index (Phi) is 4.03. The van der Waals surface area contributed by atoms with Gasteiger partial charge in [-0.1, -0.05) is 13.8 Å². The van der Waals surface area contributed by atoms with E-state index in [0.29, 0.717) is 12.3 Å². The van der Waals surface area contributed by atoms with Crippen LogP contribution in [-0.2, 0) is 9.53 Å². The van der Waals surface area contributed by atoms with Gasteiger partial charge in [0.2, 0.25) is 0 Å². The Morgan fingerprint density at radius 2 is 2.10 bits per heavy atom. The average Bonchev–Trinajstić information content (AvgIpc) is 1.87. The van der Waals surface area contributed by atoms with Crippen molar-refractivity contribution in [1.29, 1.82) is 0 Å². The molecule has 0 aromatic carbocycles. The zero-order valence-electron chi connectivity index (χ0n) is 6.76. The molecule has 0 rings (SSSR count). The Balaban J connectivity index is 3.57. The number of esters is 1. The predicted molar refractivity (Wildman–Crippen MR) is 39.4 cm³/mol. The fraction of sp³-hybridized carbons (Fsp3) is 0.857. The van der Waals surface area contributed by atoms with E-state index in [0.717, 1.165) is 0 Å². The third-order valence-corrected chi connectivity index (χ3v) is 1.49. The molecule has 1 atom stereocenters. The molecule has 0 aromatic rings. The van der Waals surface area contributed by atoms with E-state index in [-0.39, 0.29) is 12.0 Å². The van der Waals surface area contributed by atoms with Gasteiger partial charge >= 0.3 is 5.97 Å². The van der Waals surface area contributed by atoms with Gasteiger partial charge in [-0.2, -0.15) is 0 Å². The largest absolute Gasteiger partial charge is 0.469 e. The molecule has 0 bridgehead atoms. The molecule has 0 aliphatic rings. The predicted octanol–water partition coefficient (Wildman–Crippen LogP) is 0.533. The molecule has 0 radical (unpaired) electrons. The van der Waals surface area contributed by atoms with Crippen molar-refractivity contribution >= 4 is 5.97 Å². The Hall–Kier alpha value is -0.570. The Bertz CT molecular complexity index is 112. The average molecular weight is 145 g/mol. The first kappa shape index (κ1) is 9.43. The summed E-state index contributed by atoms with van der Waals surface area (Å²) in [5, 5.41) is 0. The van der Waals surface area contributed by atoms with Crippen LogP contribution >= 0.6 is 0 Å². The highest BCUT2D eigenvalue weighted by Gasteiger charge is 2.12. The van der Waals surface area contributed by atoms with E-state index < -0.39 is 0 Å². The summed E-state index contributed by atoms with van der Waals surface area (Å²) in [6.45, 7) is 3.96. The normalized spacial score (nSPS) is 13.3. The lowest BCUT2D eigenvalue weighted by Crippen LogP contribution is -2.29. The number of carbonyl (C=O) groups is 1. The zero-order valence-corrected chi connectivity index (χ0v) is 6.76. The van der Waals surface area contributed by atoms with Crippen LogP contribution in [0.3, 0.4) is 0 Å². The van der Waals surface area contributed by atoms with Gasteiger partial charge < -0.3 is 10.5 Å². The topological polar surface area (TPSA) is 52.3 Å². The van der Waals surface area contributed by atoms with Crippen molar-refractivity contribution in [2.75, 3.05) is 7.11 Å². The first-order valence-corrected chi connectivity index (χ1v) is 3.40. The van der Waals surface area contributed by atoms with Crippen molar-refractivity contribution in [2.24, 2.45) is 11.7 Å². The van der Waals surface area contributed by atoms with E-state index in [1.807, 2.05) is 13.8 Å².